The number of hydrogen-bond acceptors (Lipinski definition) is 3. The summed E-state index contributed by atoms with van der Waals surface area (Å²) >= 11 is 0. The number of likely N-dealkylation sites (N-methyl/N-ethyl adjacent to an activating group) is 1. The van der Waals surface area contributed by atoms with E-state index in [1.807, 2.05) is 0 Å². The highest BCUT2D eigenvalue weighted by molar-refractivity contribution is 5.82. The zero-order valence-electron chi connectivity index (χ0n) is 13.2. The first-order chi connectivity index (χ1) is 9.37. The van der Waals surface area contributed by atoms with Gasteiger partial charge in [0.1, 0.15) is 0 Å². The topological polar surface area (TPSA) is 47.1 Å². The number of fused-ring (bicyclic) bond motifs is 1. The van der Waals surface area contributed by atoms with Gasteiger partial charge in [0, 0.05) is 29.9 Å². The second kappa shape index (κ2) is 5.54. The van der Waals surface area contributed by atoms with E-state index in [0.717, 1.165) is 18.7 Å². The number of aryl methyl sites for hydroxylation is 1. The summed E-state index contributed by atoms with van der Waals surface area (Å²) in [7, 11) is 4.14. The van der Waals surface area contributed by atoms with Crippen molar-refractivity contribution in [3.05, 3.63) is 30.0 Å². The van der Waals surface area contributed by atoms with Crippen molar-refractivity contribution in [1.29, 1.82) is 0 Å². The Morgan fingerprint density at radius 2 is 1.95 bits per heavy atom. The Morgan fingerprint density at radius 3 is 2.55 bits per heavy atom. The first-order valence-corrected chi connectivity index (χ1v) is 7.25. The molecule has 0 bridgehead atoms. The molecule has 0 fully saturated rings. The van der Waals surface area contributed by atoms with Crippen LogP contribution in [0, 0.1) is 0 Å². The van der Waals surface area contributed by atoms with E-state index in [4.69, 9.17) is 10.8 Å². The third-order valence-corrected chi connectivity index (χ3v) is 4.51. The molecular formula is C16H26N4. The van der Waals surface area contributed by atoms with Crippen LogP contribution >= 0.6 is 0 Å². The van der Waals surface area contributed by atoms with Gasteiger partial charge in [-0.05, 0) is 40.9 Å². The fourth-order valence-corrected chi connectivity index (χ4v) is 2.38. The summed E-state index contributed by atoms with van der Waals surface area (Å²) in [6, 6.07) is 8.43. The van der Waals surface area contributed by atoms with Crippen molar-refractivity contribution >= 4 is 10.9 Å². The van der Waals surface area contributed by atoms with E-state index in [0.29, 0.717) is 0 Å². The number of nitrogens with two attached hydrogens (primary N) is 1. The number of rotatable bonds is 5. The van der Waals surface area contributed by atoms with E-state index < -0.39 is 0 Å². The summed E-state index contributed by atoms with van der Waals surface area (Å²) in [6.45, 7) is 7.35. The van der Waals surface area contributed by atoms with Crippen LogP contribution in [0.4, 0.5) is 0 Å². The van der Waals surface area contributed by atoms with Crippen LogP contribution < -0.4 is 5.73 Å². The molecule has 0 spiro atoms. The summed E-state index contributed by atoms with van der Waals surface area (Å²) in [5, 5.41) is 5.96. The van der Waals surface area contributed by atoms with Gasteiger partial charge in [-0.25, -0.2) is 0 Å². The largest absolute Gasteiger partial charge is 0.326 e. The van der Waals surface area contributed by atoms with Crippen molar-refractivity contribution in [2.24, 2.45) is 5.73 Å². The molecule has 1 heterocycles. The fraction of sp³-hybridized carbons (Fsp3) is 0.562. The average molecular weight is 274 g/mol. The number of nitrogens with zero attached hydrogens (tertiary/aromatic N) is 3. The molecule has 110 valence electrons. The van der Waals surface area contributed by atoms with E-state index in [-0.39, 0.29) is 11.6 Å². The SMILES string of the molecule is CCn1nc(CC(N)C(C)(C)N(C)C)c2ccccc21. The minimum Gasteiger partial charge on any atom is -0.326 e. The van der Waals surface area contributed by atoms with Gasteiger partial charge in [0.25, 0.3) is 0 Å². The van der Waals surface area contributed by atoms with Crippen LogP contribution in [0.5, 0.6) is 0 Å². The lowest BCUT2D eigenvalue weighted by Crippen LogP contribution is -2.54. The minimum absolute atomic E-state index is 0.0427. The third-order valence-electron chi connectivity index (χ3n) is 4.51. The van der Waals surface area contributed by atoms with E-state index in [1.165, 1.54) is 10.9 Å². The van der Waals surface area contributed by atoms with Gasteiger partial charge in [0.2, 0.25) is 0 Å². The predicted octanol–water partition coefficient (Wildman–Crippen LogP) is 2.27. The highest BCUT2D eigenvalue weighted by atomic mass is 15.3. The highest BCUT2D eigenvalue weighted by Crippen LogP contribution is 2.23. The van der Waals surface area contributed by atoms with Gasteiger partial charge in [0.15, 0.2) is 0 Å². The van der Waals surface area contributed by atoms with E-state index in [2.05, 4.69) is 68.7 Å². The number of hydrogen-bond donors (Lipinski definition) is 1. The second-order valence-electron chi connectivity index (χ2n) is 6.14. The van der Waals surface area contributed by atoms with Gasteiger partial charge in [0.05, 0.1) is 11.2 Å². The molecule has 1 atom stereocenters. The summed E-state index contributed by atoms with van der Waals surface area (Å²) in [5.74, 6) is 0. The standard InChI is InChI=1S/C16H26N4/c1-6-20-14-10-8-7-9-12(14)13(18-20)11-15(17)16(2,3)19(4)5/h7-10,15H,6,11,17H2,1-5H3. The lowest BCUT2D eigenvalue weighted by Gasteiger charge is -2.37. The molecule has 20 heavy (non-hydrogen) atoms. The van der Waals surface area contributed by atoms with Crippen molar-refractivity contribution in [3.8, 4) is 0 Å². The van der Waals surface area contributed by atoms with Gasteiger partial charge in [-0.1, -0.05) is 18.2 Å². The molecule has 1 aromatic carbocycles. The molecule has 2 aromatic rings. The van der Waals surface area contributed by atoms with Crippen molar-refractivity contribution < 1.29 is 0 Å². The van der Waals surface area contributed by atoms with Crippen LogP contribution in [0.2, 0.25) is 0 Å². The summed E-state index contributed by atoms with van der Waals surface area (Å²) in [5.41, 5.74) is 8.67. The van der Waals surface area contributed by atoms with Crippen molar-refractivity contribution in [2.45, 2.75) is 45.3 Å². The molecule has 2 N–H and O–H groups in total. The smallest absolute Gasteiger partial charge is 0.0719 e. The third kappa shape index (κ3) is 2.58. The molecule has 0 saturated heterocycles. The molecule has 2 rings (SSSR count). The molecule has 4 heteroatoms. The summed E-state index contributed by atoms with van der Waals surface area (Å²) < 4.78 is 2.06. The molecule has 0 radical (unpaired) electrons. The monoisotopic (exact) mass is 274 g/mol. The fourth-order valence-electron chi connectivity index (χ4n) is 2.38. The molecule has 1 unspecified atom stereocenters. The Bertz CT molecular complexity index is 583. The Kier molecular flexibility index (Phi) is 4.16. The van der Waals surface area contributed by atoms with E-state index >= 15 is 0 Å². The van der Waals surface area contributed by atoms with Crippen LogP contribution in [0.1, 0.15) is 26.5 Å². The van der Waals surface area contributed by atoms with E-state index in [9.17, 15) is 0 Å². The molecule has 0 aliphatic carbocycles. The lowest BCUT2D eigenvalue weighted by molar-refractivity contribution is 0.157. The second-order valence-corrected chi connectivity index (χ2v) is 6.14. The first kappa shape index (κ1) is 15.0. The predicted molar refractivity (Wildman–Crippen MR) is 84.9 cm³/mol. The lowest BCUT2D eigenvalue weighted by atomic mass is 9.90. The van der Waals surface area contributed by atoms with Crippen molar-refractivity contribution in [2.75, 3.05) is 14.1 Å². The average Bonchev–Trinajstić information content (AvgIpc) is 2.77. The molecule has 0 amide bonds. The van der Waals surface area contributed by atoms with Gasteiger partial charge in [-0.3, -0.25) is 4.68 Å². The normalized spacial score (nSPS) is 14.2. The van der Waals surface area contributed by atoms with Gasteiger partial charge in [-0.2, -0.15) is 5.10 Å². The van der Waals surface area contributed by atoms with Crippen molar-refractivity contribution in [1.82, 2.24) is 14.7 Å². The number of para-hydroxylation sites is 1. The molecular weight excluding hydrogens is 248 g/mol. The van der Waals surface area contributed by atoms with Gasteiger partial charge < -0.3 is 10.6 Å². The minimum atomic E-state index is -0.0584. The zero-order valence-corrected chi connectivity index (χ0v) is 13.2. The van der Waals surface area contributed by atoms with Crippen LogP contribution in [-0.2, 0) is 13.0 Å². The molecule has 0 saturated carbocycles. The summed E-state index contributed by atoms with van der Waals surface area (Å²) in [4.78, 5) is 2.18. The first-order valence-electron chi connectivity index (χ1n) is 7.25. The van der Waals surface area contributed by atoms with Gasteiger partial charge >= 0.3 is 0 Å². The quantitative estimate of drug-likeness (QED) is 0.910. The molecule has 1 aromatic heterocycles. The Hall–Kier alpha value is -1.39. The molecule has 4 nitrogen and oxygen atoms in total. The molecule has 0 aliphatic rings. The Labute approximate surface area is 121 Å². The molecule has 0 aliphatic heterocycles. The van der Waals surface area contributed by atoms with Crippen LogP contribution in [-0.4, -0.2) is 40.4 Å². The number of benzene rings is 1. The van der Waals surface area contributed by atoms with Crippen LogP contribution in [0.25, 0.3) is 10.9 Å². The number of aromatic nitrogens is 2. The maximum absolute atomic E-state index is 6.44. The van der Waals surface area contributed by atoms with E-state index in [1.54, 1.807) is 0 Å². The van der Waals surface area contributed by atoms with Crippen LogP contribution in [0.15, 0.2) is 24.3 Å². The Morgan fingerprint density at radius 1 is 1.30 bits per heavy atom. The van der Waals surface area contributed by atoms with Gasteiger partial charge in [-0.15, -0.1) is 0 Å². The maximum atomic E-state index is 6.44. The van der Waals surface area contributed by atoms with Crippen molar-refractivity contribution in [3.63, 3.8) is 0 Å². The zero-order chi connectivity index (χ0) is 14.9. The summed E-state index contributed by atoms with van der Waals surface area (Å²) in [6.07, 6.45) is 0.790. The highest BCUT2D eigenvalue weighted by Gasteiger charge is 2.29. The van der Waals surface area contributed by atoms with Crippen LogP contribution in [0.3, 0.4) is 0 Å². The Balaban J connectivity index is 2.35. The maximum Gasteiger partial charge on any atom is 0.0719 e.